The molecule has 6 heteroatoms. The maximum Gasteiger partial charge on any atom is 0.226 e. The third-order valence-corrected chi connectivity index (χ3v) is 4.00. The minimum absolute atomic E-state index is 0.0143. The van der Waals surface area contributed by atoms with Crippen LogP contribution < -0.4 is 5.32 Å². The summed E-state index contributed by atoms with van der Waals surface area (Å²) in [7, 11) is 0. The number of aromatic nitrogens is 2. The molecule has 1 atom stereocenters. The van der Waals surface area contributed by atoms with Gasteiger partial charge in [0, 0.05) is 12.8 Å². The topological polar surface area (TPSA) is 55.6 Å². The van der Waals surface area contributed by atoms with E-state index in [2.05, 4.69) is 26.2 Å². The lowest BCUT2D eigenvalue weighted by atomic mass is 10.2. The molecule has 0 aliphatic carbocycles. The largest absolute Gasteiger partial charge is 0.379 e. The maximum atomic E-state index is 12.0. The molecule has 3 rings (SSSR count). The number of nitrogens with zero attached hydrogens (tertiary/aromatic N) is 2. The third kappa shape index (κ3) is 2.64. The van der Waals surface area contributed by atoms with Gasteiger partial charge in [0.15, 0.2) is 0 Å². The van der Waals surface area contributed by atoms with Crippen LogP contribution in [0.3, 0.4) is 0 Å². The molecule has 5 nitrogen and oxygen atoms in total. The van der Waals surface area contributed by atoms with Gasteiger partial charge in [-0.1, -0.05) is 6.07 Å². The second-order valence-electron chi connectivity index (χ2n) is 4.58. The number of nitrogens with one attached hydrogen (secondary N) is 1. The van der Waals surface area contributed by atoms with Crippen molar-refractivity contribution < 1.29 is 9.53 Å². The van der Waals surface area contributed by atoms with Crippen molar-refractivity contribution in [1.29, 1.82) is 0 Å². The van der Waals surface area contributed by atoms with E-state index in [0.29, 0.717) is 6.61 Å². The first-order valence-electron chi connectivity index (χ1n) is 6.22. The van der Waals surface area contributed by atoms with Gasteiger partial charge >= 0.3 is 0 Å². The van der Waals surface area contributed by atoms with Crippen LogP contribution in [0.4, 0.5) is 0 Å². The summed E-state index contributed by atoms with van der Waals surface area (Å²) >= 11 is 3.49. The third-order valence-electron chi connectivity index (χ3n) is 3.16. The summed E-state index contributed by atoms with van der Waals surface area (Å²) in [4.78, 5) is 16.4. The van der Waals surface area contributed by atoms with E-state index in [4.69, 9.17) is 4.74 Å². The van der Waals surface area contributed by atoms with Crippen molar-refractivity contribution in [3.63, 3.8) is 0 Å². The van der Waals surface area contributed by atoms with Gasteiger partial charge in [-0.2, -0.15) is 0 Å². The lowest BCUT2D eigenvalue weighted by molar-refractivity contribution is -0.121. The van der Waals surface area contributed by atoms with Crippen molar-refractivity contribution in [2.75, 3.05) is 13.2 Å². The summed E-state index contributed by atoms with van der Waals surface area (Å²) in [5.41, 5.74) is 1.59. The lowest BCUT2D eigenvalue weighted by Gasteiger charge is -2.09. The highest BCUT2D eigenvalue weighted by Crippen LogP contribution is 2.19. The van der Waals surface area contributed by atoms with E-state index >= 15 is 0 Å². The van der Waals surface area contributed by atoms with Gasteiger partial charge in [0.1, 0.15) is 10.3 Å². The number of hydrogen-bond acceptors (Lipinski definition) is 3. The van der Waals surface area contributed by atoms with Gasteiger partial charge in [0.25, 0.3) is 0 Å². The number of fused-ring (bicyclic) bond motifs is 1. The summed E-state index contributed by atoms with van der Waals surface area (Å²) < 4.78 is 7.99. The Morgan fingerprint density at radius 2 is 2.47 bits per heavy atom. The number of amides is 1. The molecule has 0 radical (unpaired) electrons. The van der Waals surface area contributed by atoms with E-state index < -0.39 is 0 Å². The molecule has 2 aromatic rings. The minimum Gasteiger partial charge on any atom is -0.379 e. The van der Waals surface area contributed by atoms with Crippen molar-refractivity contribution in [3.8, 4) is 0 Å². The van der Waals surface area contributed by atoms with Crippen LogP contribution in [0.25, 0.3) is 5.65 Å². The van der Waals surface area contributed by atoms with Gasteiger partial charge in [0.2, 0.25) is 5.91 Å². The van der Waals surface area contributed by atoms with Crippen molar-refractivity contribution in [3.05, 3.63) is 34.7 Å². The molecule has 0 bridgehead atoms. The number of rotatable bonds is 3. The highest BCUT2D eigenvalue weighted by atomic mass is 79.9. The summed E-state index contributed by atoms with van der Waals surface area (Å²) in [5.74, 6) is -0.0143. The minimum atomic E-state index is -0.0143. The Morgan fingerprint density at radius 1 is 1.58 bits per heavy atom. The predicted octanol–water partition coefficient (Wildman–Crippen LogP) is 1.54. The lowest BCUT2D eigenvalue weighted by Crippen LogP contribution is -2.36. The molecule has 2 aromatic heterocycles. The van der Waals surface area contributed by atoms with Crippen molar-refractivity contribution in [1.82, 2.24) is 14.7 Å². The molecule has 1 N–H and O–H groups in total. The number of halogens is 1. The van der Waals surface area contributed by atoms with Crippen LogP contribution in [0.2, 0.25) is 0 Å². The van der Waals surface area contributed by atoms with Crippen LogP contribution in [0.5, 0.6) is 0 Å². The highest BCUT2D eigenvalue weighted by molar-refractivity contribution is 9.10. The average Bonchev–Trinajstić information content (AvgIpc) is 3.00. The Labute approximate surface area is 119 Å². The quantitative estimate of drug-likeness (QED) is 0.932. The van der Waals surface area contributed by atoms with E-state index in [-0.39, 0.29) is 18.4 Å². The molecule has 19 heavy (non-hydrogen) atoms. The Kier molecular flexibility index (Phi) is 3.52. The monoisotopic (exact) mass is 323 g/mol. The Bertz CT molecular complexity index is 605. The summed E-state index contributed by atoms with van der Waals surface area (Å²) in [6.45, 7) is 1.33. The number of hydrogen-bond donors (Lipinski definition) is 1. The van der Waals surface area contributed by atoms with E-state index in [1.54, 1.807) is 0 Å². The Morgan fingerprint density at radius 3 is 3.21 bits per heavy atom. The fraction of sp³-hybridized carbons (Fsp3) is 0.385. The standard InChI is InChI=1S/C13H14BrN3O2/c14-13-10(16-11-3-1-2-5-17(11)13)7-12(18)15-9-4-6-19-8-9/h1-3,5,9H,4,6-8H2,(H,15,18). The molecule has 1 saturated heterocycles. The predicted molar refractivity (Wildman–Crippen MR) is 74.0 cm³/mol. The van der Waals surface area contributed by atoms with E-state index in [1.807, 2.05) is 28.8 Å². The van der Waals surface area contributed by atoms with Crippen LogP contribution in [0, 0.1) is 0 Å². The van der Waals surface area contributed by atoms with Crippen LogP contribution in [-0.2, 0) is 16.0 Å². The zero-order chi connectivity index (χ0) is 13.2. The van der Waals surface area contributed by atoms with Crippen LogP contribution in [-0.4, -0.2) is 34.5 Å². The number of ether oxygens (including phenoxy) is 1. The molecule has 1 aliphatic heterocycles. The Balaban J connectivity index is 1.73. The fourth-order valence-electron chi connectivity index (χ4n) is 2.21. The Hall–Kier alpha value is -1.40. The molecule has 3 heterocycles. The van der Waals surface area contributed by atoms with Gasteiger partial charge < -0.3 is 10.1 Å². The van der Waals surface area contributed by atoms with Crippen molar-refractivity contribution in [2.24, 2.45) is 0 Å². The summed E-state index contributed by atoms with van der Waals surface area (Å²) in [5, 5.41) is 2.96. The van der Waals surface area contributed by atoms with Crippen molar-refractivity contribution >= 4 is 27.5 Å². The van der Waals surface area contributed by atoms with Gasteiger partial charge in [-0.25, -0.2) is 4.98 Å². The van der Waals surface area contributed by atoms with E-state index in [1.165, 1.54) is 0 Å². The number of carbonyl (C=O) groups excluding carboxylic acids is 1. The van der Waals surface area contributed by atoms with E-state index in [9.17, 15) is 4.79 Å². The van der Waals surface area contributed by atoms with Crippen LogP contribution in [0.1, 0.15) is 12.1 Å². The normalized spacial score (nSPS) is 18.9. The first kappa shape index (κ1) is 12.6. The first-order chi connectivity index (χ1) is 9.24. The number of pyridine rings is 1. The van der Waals surface area contributed by atoms with Gasteiger partial charge in [0.05, 0.1) is 24.8 Å². The first-order valence-corrected chi connectivity index (χ1v) is 7.02. The molecular formula is C13H14BrN3O2. The molecule has 0 spiro atoms. The average molecular weight is 324 g/mol. The molecular weight excluding hydrogens is 310 g/mol. The van der Waals surface area contributed by atoms with Crippen LogP contribution in [0.15, 0.2) is 29.0 Å². The van der Waals surface area contributed by atoms with Crippen molar-refractivity contribution in [2.45, 2.75) is 18.9 Å². The molecule has 1 aliphatic rings. The molecule has 100 valence electrons. The highest BCUT2D eigenvalue weighted by Gasteiger charge is 2.19. The molecule has 0 aromatic carbocycles. The van der Waals surface area contributed by atoms with Gasteiger partial charge in [-0.3, -0.25) is 9.20 Å². The second kappa shape index (κ2) is 5.30. The molecule has 1 fully saturated rings. The molecule has 1 amide bonds. The molecule has 1 unspecified atom stereocenters. The maximum absolute atomic E-state index is 12.0. The second-order valence-corrected chi connectivity index (χ2v) is 5.33. The number of imidazole rings is 1. The summed E-state index contributed by atoms with van der Waals surface area (Å²) in [6.07, 6.45) is 3.08. The smallest absolute Gasteiger partial charge is 0.226 e. The van der Waals surface area contributed by atoms with Gasteiger partial charge in [-0.15, -0.1) is 0 Å². The summed E-state index contributed by atoms with van der Waals surface area (Å²) in [6, 6.07) is 5.91. The van der Waals surface area contributed by atoms with E-state index in [0.717, 1.165) is 29.0 Å². The van der Waals surface area contributed by atoms with Gasteiger partial charge in [-0.05, 0) is 34.5 Å². The zero-order valence-corrected chi connectivity index (χ0v) is 11.9. The number of carbonyl (C=O) groups is 1. The molecule has 0 saturated carbocycles. The fourth-order valence-corrected chi connectivity index (χ4v) is 2.73. The SMILES string of the molecule is O=C(Cc1nc2ccccn2c1Br)NC1CCOC1. The van der Waals surface area contributed by atoms with Crippen LogP contribution >= 0.6 is 15.9 Å². The zero-order valence-electron chi connectivity index (χ0n) is 10.3.